The smallest absolute Gasteiger partial charge is 0.229 e. The summed E-state index contributed by atoms with van der Waals surface area (Å²) in [6.45, 7) is 0.800. The molecule has 150 valence electrons. The summed E-state index contributed by atoms with van der Waals surface area (Å²) >= 11 is 0. The maximum atomic E-state index is 10.7. The molecule has 1 saturated heterocycles. The lowest BCUT2D eigenvalue weighted by molar-refractivity contribution is -0.291. The monoisotopic (exact) mass is 388 g/mol. The first-order valence-corrected chi connectivity index (χ1v) is 9.24. The Labute approximate surface area is 163 Å². The first-order valence-electron chi connectivity index (χ1n) is 9.24. The van der Waals surface area contributed by atoms with Crippen molar-refractivity contribution in [3.05, 3.63) is 59.7 Å². The first-order chi connectivity index (χ1) is 13.7. The van der Waals surface area contributed by atoms with E-state index in [0.717, 1.165) is 11.1 Å². The minimum absolute atomic E-state index is 0.157. The van der Waals surface area contributed by atoms with Gasteiger partial charge in [0, 0.05) is 0 Å². The molecule has 2 aromatic carbocycles. The molecular weight excluding hydrogens is 364 g/mol. The number of hydrogen-bond acceptors (Lipinski definition) is 7. The predicted octanol–water partition coefficient (Wildman–Crippen LogP) is 1.64. The Hall–Kier alpha value is -2.16. The second-order valence-corrected chi connectivity index (χ2v) is 6.88. The van der Waals surface area contributed by atoms with E-state index in [-0.39, 0.29) is 13.2 Å². The molecule has 7 nitrogen and oxygen atoms in total. The summed E-state index contributed by atoms with van der Waals surface area (Å²) in [4.78, 5) is 0. The molecule has 0 spiro atoms. The van der Waals surface area contributed by atoms with Gasteiger partial charge in [0.05, 0.1) is 26.9 Å². The summed E-state index contributed by atoms with van der Waals surface area (Å²) in [5.74, 6) is 1.21. The van der Waals surface area contributed by atoms with Gasteiger partial charge < -0.3 is 33.9 Å². The van der Waals surface area contributed by atoms with E-state index in [0.29, 0.717) is 18.1 Å². The van der Waals surface area contributed by atoms with Crippen LogP contribution in [0.3, 0.4) is 0 Å². The highest BCUT2D eigenvalue weighted by Gasteiger charge is 2.47. The number of aliphatic hydroxyl groups is 2. The second-order valence-electron chi connectivity index (χ2n) is 6.88. The molecule has 1 unspecified atom stereocenters. The fraction of sp³-hybridized carbons (Fsp3) is 0.429. The van der Waals surface area contributed by atoms with E-state index in [2.05, 4.69) is 0 Å². The van der Waals surface area contributed by atoms with Crippen LogP contribution >= 0.6 is 0 Å². The van der Waals surface area contributed by atoms with Crippen molar-refractivity contribution in [1.29, 1.82) is 0 Å². The van der Waals surface area contributed by atoms with Crippen LogP contribution in [0.4, 0.5) is 0 Å². The number of fused-ring (bicyclic) bond motifs is 3. The molecule has 2 aromatic rings. The Kier molecular flexibility index (Phi) is 5.79. The third-order valence-corrected chi connectivity index (χ3v) is 5.04. The molecule has 0 amide bonds. The Morgan fingerprint density at radius 3 is 2.29 bits per heavy atom. The molecular formula is C21H24O7. The SMILES string of the molecule is COc1ccc(OC2O[C@@H]3COCc4ccccc4CO[C@@H]([C@@H]3O)[C@H]2O)cc1. The van der Waals surface area contributed by atoms with E-state index in [9.17, 15) is 10.2 Å². The first kappa shape index (κ1) is 19.2. The van der Waals surface area contributed by atoms with Crippen molar-refractivity contribution in [3.63, 3.8) is 0 Å². The van der Waals surface area contributed by atoms with E-state index in [1.165, 1.54) is 0 Å². The fourth-order valence-electron chi connectivity index (χ4n) is 3.43. The van der Waals surface area contributed by atoms with Gasteiger partial charge in [-0.15, -0.1) is 0 Å². The predicted molar refractivity (Wildman–Crippen MR) is 99.0 cm³/mol. The van der Waals surface area contributed by atoms with Crippen LogP contribution in [0.2, 0.25) is 0 Å². The van der Waals surface area contributed by atoms with Gasteiger partial charge in [-0.2, -0.15) is 0 Å². The summed E-state index contributed by atoms with van der Waals surface area (Å²) in [6.07, 6.45) is -4.74. The van der Waals surface area contributed by atoms with Crippen molar-refractivity contribution < 1.29 is 33.9 Å². The molecule has 2 N–H and O–H groups in total. The number of rotatable bonds is 3. The Balaban J connectivity index is 1.53. The van der Waals surface area contributed by atoms with Gasteiger partial charge in [-0.1, -0.05) is 24.3 Å². The molecule has 28 heavy (non-hydrogen) atoms. The maximum Gasteiger partial charge on any atom is 0.229 e. The molecule has 7 heteroatoms. The number of aliphatic hydroxyl groups excluding tert-OH is 2. The molecule has 2 bridgehead atoms. The average molecular weight is 388 g/mol. The van der Waals surface area contributed by atoms with E-state index in [4.69, 9.17) is 23.7 Å². The number of methoxy groups -OCH3 is 1. The topological polar surface area (TPSA) is 86.6 Å². The van der Waals surface area contributed by atoms with Gasteiger partial charge in [0.1, 0.15) is 35.9 Å². The lowest BCUT2D eigenvalue weighted by Crippen LogP contribution is -2.61. The third-order valence-electron chi connectivity index (χ3n) is 5.04. The molecule has 0 aromatic heterocycles. The van der Waals surface area contributed by atoms with Crippen LogP contribution in [0.25, 0.3) is 0 Å². The van der Waals surface area contributed by atoms with Crippen molar-refractivity contribution >= 4 is 0 Å². The van der Waals surface area contributed by atoms with Gasteiger partial charge in [0.2, 0.25) is 6.29 Å². The fourth-order valence-corrected chi connectivity index (χ4v) is 3.43. The minimum atomic E-state index is -1.17. The normalized spacial score (nSPS) is 30.2. The lowest BCUT2D eigenvalue weighted by Gasteiger charge is -2.42. The molecule has 0 aliphatic carbocycles. The number of benzene rings is 2. The molecule has 2 aliphatic heterocycles. The Morgan fingerprint density at radius 2 is 1.57 bits per heavy atom. The zero-order valence-corrected chi connectivity index (χ0v) is 15.6. The van der Waals surface area contributed by atoms with Crippen molar-refractivity contribution in [1.82, 2.24) is 0 Å². The van der Waals surface area contributed by atoms with Gasteiger partial charge in [0.15, 0.2) is 0 Å². The van der Waals surface area contributed by atoms with E-state index >= 15 is 0 Å². The van der Waals surface area contributed by atoms with Gasteiger partial charge in [-0.25, -0.2) is 0 Å². The minimum Gasteiger partial charge on any atom is -0.497 e. The van der Waals surface area contributed by atoms with Crippen LogP contribution < -0.4 is 9.47 Å². The van der Waals surface area contributed by atoms with Gasteiger partial charge in [-0.05, 0) is 35.4 Å². The van der Waals surface area contributed by atoms with Gasteiger partial charge in [-0.3, -0.25) is 0 Å². The quantitative estimate of drug-likeness (QED) is 0.827. The average Bonchev–Trinajstić information content (AvgIpc) is 2.72. The lowest BCUT2D eigenvalue weighted by atomic mass is 9.98. The van der Waals surface area contributed by atoms with Crippen molar-refractivity contribution in [2.75, 3.05) is 13.7 Å². The van der Waals surface area contributed by atoms with E-state index in [1.807, 2.05) is 24.3 Å². The Morgan fingerprint density at radius 1 is 0.893 bits per heavy atom. The second kappa shape index (κ2) is 8.46. The van der Waals surface area contributed by atoms with Crippen molar-refractivity contribution in [3.8, 4) is 11.5 Å². The molecule has 2 aliphatic rings. The standard InChI is InChI=1S/C21H24O7/c1-24-15-6-8-16(9-7-15)27-21-19(23)20-18(22)17(28-21)12-25-10-13-4-2-3-5-14(13)11-26-20/h2-9,17-23H,10-12H2,1H3/t17-,18-,19-,20+,21?/m1/s1. The third kappa shape index (κ3) is 3.99. The highest BCUT2D eigenvalue weighted by Crippen LogP contribution is 2.29. The molecule has 0 radical (unpaired) electrons. The maximum absolute atomic E-state index is 10.7. The van der Waals surface area contributed by atoms with Crippen molar-refractivity contribution in [2.24, 2.45) is 0 Å². The molecule has 1 fully saturated rings. The zero-order valence-electron chi connectivity index (χ0n) is 15.6. The Bertz CT molecular complexity index is 779. The van der Waals surface area contributed by atoms with Crippen molar-refractivity contribution in [2.45, 2.75) is 43.9 Å². The van der Waals surface area contributed by atoms with Crippen LogP contribution in [-0.4, -0.2) is 54.6 Å². The summed E-state index contributed by atoms with van der Waals surface area (Å²) in [6, 6.07) is 14.7. The molecule has 0 saturated carbocycles. The van der Waals surface area contributed by atoms with Crippen LogP contribution in [0.1, 0.15) is 11.1 Å². The van der Waals surface area contributed by atoms with Crippen LogP contribution in [0.15, 0.2) is 48.5 Å². The van der Waals surface area contributed by atoms with E-state index < -0.39 is 30.7 Å². The highest BCUT2D eigenvalue weighted by atomic mass is 16.7. The summed E-state index contributed by atoms with van der Waals surface area (Å²) in [7, 11) is 1.58. The molecule has 4 rings (SSSR count). The van der Waals surface area contributed by atoms with Gasteiger partial charge >= 0.3 is 0 Å². The number of hydrogen-bond donors (Lipinski definition) is 2. The van der Waals surface area contributed by atoms with Gasteiger partial charge in [0.25, 0.3) is 0 Å². The summed E-state index contributed by atoms with van der Waals surface area (Å²) in [5, 5.41) is 21.4. The summed E-state index contributed by atoms with van der Waals surface area (Å²) < 4.78 is 28.4. The zero-order chi connectivity index (χ0) is 19.5. The van der Waals surface area contributed by atoms with Crippen LogP contribution in [-0.2, 0) is 27.4 Å². The molecule has 2 heterocycles. The van der Waals surface area contributed by atoms with Crippen LogP contribution in [0.5, 0.6) is 11.5 Å². The van der Waals surface area contributed by atoms with E-state index in [1.54, 1.807) is 31.4 Å². The highest BCUT2D eigenvalue weighted by molar-refractivity contribution is 5.31. The van der Waals surface area contributed by atoms with Crippen LogP contribution in [0, 0.1) is 0 Å². The largest absolute Gasteiger partial charge is 0.497 e. The summed E-state index contributed by atoms with van der Waals surface area (Å²) in [5.41, 5.74) is 1.97. The molecule has 5 atom stereocenters. The number of ether oxygens (including phenoxy) is 5.